The lowest BCUT2D eigenvalue weighted by Gasteiger charge is -2.38. The van der Waals surface area contributed by atoms with E-state index < -0.39 is 0 Å². The van der Waals surface area contributed by atoms with Gasteiger partial charge in [0.1, 0.15) is 11.3 Å². The molecule has 6 nitrogen and oxygen atoms in total. The number of amides is 2. The summed E-state index contributed by atoms with van der Waals surface area (Å²) < 4.78 is 5.14. The Bertz CT molecular complexity index is 890. The van der Waals surface area contributed by atoms with Gasteiger partial charge < -0.3 is 14.3 Å². The van der Waals surface area contributed by atoms with Crippen LogP contribution >= 0.6 is 0 Å². The highest BCUT2D eigenvalue weighted by Crippen LogP contribution is 2.42. The number of nitrogens with zero attached hydrogens (tertiary/aromatic N) is 3. The van der Waals surface area contributed by atoms with Crippen LogP contribution in [-0.2, 0) is 11.3 Å². The van der Waals surface area contributed by atoms with Gasteiger partial charge in [0.15, 0.2) is 0 Å². The first-order valence-corrected chi connectivity index (χ1v) is 9.97. The molecule has 1 spiro atoms. The van der Waals surface area contributed by atoms with E-state index >= 15 is 0 Å². The van der Waals surface area contributed by atoms with Gasteiger partial charge in [-0.3, -0.25) is 9.59 Å². The number of hydrogen-bond donors (Lipinski definition) is 0. The van der Waals surface area contributed by atoms with Crippen LogP contribution in [0.2, 0.25) is 0 Å². The first kappa shape index (κ1) is 18.7. The summed E-state index contributed by atoms with van der Waals surface area (Å²) in [7, 11) is 0. The van der Waals surface area contributed by atoms with Gasteiger partial charge in [-0.2, -0.15) is 0 Å². The maximum Gasteiger partial charge on any atom is 0.259 e. The van der Waals surface area contributed by atoms with Crippen molar-refractivity contribution in [1.82, 2.24) is 15.0 Å². The molecule has 0 radical (unpaired) electrons. The van der Waals surface area contributed by atoms with Crippen molar-refractivity contribution in [2.24, 2.45) is 5.41 Å². The van der Waals surface area contributed by atoms with Crippen LogP contribution in [0.3, 0.4) is 0 Å². The zero-order valence-electron chi connectivity index (χ0n) is 16.8. The summed E-state index contributed by atoms with van der Waals surface area (Å²) in [5.74, 6) is 0.774. The molecule has 3 heterocycles. The first-order chi connectivity index (χ1) is 13.4. The van der Waals surface area contributed by atoms with Crippen LogP contribution in [0, 0.1) is 26.2 Å². The molecule has 2 aliphatic rings. The summed E-state index contributed by atoms with van der Waals surface area (Å²) in [5.41, 5.74) is 3.28. The van der Waals surface area contributed by atoms with Crippen molar-refractivity contribution < 1.29 is 14.1 Å². The standard InChI is InChI=1S/C22H27N3O3/c1-15-5-4-6-18(13-15)14-25-12-9-22(21(25)27)7-10-24(11-8-22)20(26)19-16(2)23-28-17(19)3/h4-6,13H,7-12,14H2,1-3H3. The Kier molecular flexibility index (Phi) is 4.73. The lowest BCUT2D eigenvalue weighted by Crippen LogP contribution is -2.46. The van der Waals surface area contributed by atoms with Gasteiger partial charge >= 0.3 is 0 Å². The summed E-state index contributed by atoms with van der Waals surface area (Å²) in [6.45, 7) is 8.30. The van der Waals surface area contributed by atoms with Crippen molar-refractivity contribution in [2.45, 2.75) is 46.6 Å². The van der Waals surface area contributed by atoms with Crippen LogP contribution in [-0.4, -0.2) is 46.4 Å². The fraction of sp³-hybridized carbons (Fsp3) is 0.500. The SMILES string of the molecule is Cc1cccc(CN2CCC3(CCN(C(=O)c4c(C)noc4C)CC3)C2=O)c1. The lowest BCUT2D eigenvalue weighted by molar-refractivity contribution is -0.138. The van der Waals surface area contributed by atoms with Crippen molar-refractivity contribution in [3.8, 4) is 0 Å². The van der Waals surface area contributed by atoms with Crippen LogP contribution < -0.4 is 0 Å². The zero-order valence-corrected chi connectivity index (χ0v) is 16.8. The molecule has 0 bridgehead atoms. The summed E-state index contributed by atoms with van der Waals surface area (Å²) in [5, 5.41) is 3.89. The molecule has 148 valence electrons. The Balaban J connectivity index is 1.41. The van der Waals surface area contributed by atoms with E-state index in [-0.39, 0.29) is 17.2 Å². The minimum absolute atomic E-state index is 0.0341. The van der Waals surface area contributed by atoms with Gasteiger partial charge in [0.25, 0.3) is 5.91 Å². The van der Waals surface area contributed by atoms with Crippen molar-refractivity contribution >= 4 is 11.8 Å². The van der Waals surface area contributed by atoms with E-state index in [2.05, 4.69) is 30.3 Å². The second kappa shape index (κ2) is 7.08. The van der Waals surface area contributed by atoms with Gasteiger partial charge in [-0.15, -0.1) is 0 Å². The normalized spacial score (nSPS) is 18.9. The predicted octanol–water partition coefficient (Wildman–Crippen LogP) is 3.25. The Morgan fingerprint density at radius 1 is 1.14 bits per heavy atom. The highest BCUT2D eigenvalue weighted by Gasteiger charge is 2.48. The van der Waals surface area contributed by atoms with E-state index in [0.717, 1.165) is 25.8 Å². The molecular formula is C22H27N3O3. The van der Waals surface area contributed by atoms with E-state index in [1.165, 1.54) is 11.1 Å². The fourth-order valence-corrected chi connectivity index (χ4v) is 4.62. The van der Waals surface area contributed by atoms with Gasteiger partial charge in [0.2, 0.25) is 5.91 Å². The number of aryl methyl sites for hydroxylation is 3. The van der Waals surface area contributed by atoms with E-state index in [9.17, 15) is 9.59 Å². The van der Waals surface area contributed by atoms with Crippen LogP contribution in [0.5, 0.6) is 0 Å². The number of benzene rings is 1. The van der Waals surface area contributed by atoms with E-state index in [4.69, 9.17) is 4.52 Å². The highest BCUT2D eigenvalue weighted by atomic mass is 16.5. The van der Waals surface area contributed by atoms with Crippen LogP contribution in [0.4, 0.5) is 0 Å². The number of likely N-dealkylation sites (tertiary alicyclic amines) is 2. The minimum Gasteiger partial charge on any atom is -0.361 e. The van der Waals surface area contributed by atoms with Crippen LogP contribution in [0.25, 0.3) is 0 Å². The minimum atomic E-state index is -0.306. The lowest BCUT2D eigenvalue weighted by atomic mass is 9.77. The van der Waals surface area contributed by atoms with E-state index in [0.29, 0.717) is 36.7 Å². The Morgan fingerprint density at radius 2 is 1.86 bits per heavy atom. The molecular weight excluding hydrogens is 354 g/mol. The Labute approximate surface area is 165 Å². The molecule has 0 aliphatic carbocycles. The number of aromatic nitrogens is 1. The molecule has 6 heteroatoms. The summed E-state index contributed by atoms with van der Waals surface area (Å²) in [6, 6.07) is 8.33. The maximum absolute atomic E-state index is 13.2. The molecule has 2 amide bonds. The average Bonchev–Trinajstić information content (AvgIpc) is 3.16. The Hall–Kier alpha value is -2.63. The third-order valence-corrected chi connectivity index (χ3v) is 6.31. The molecule has 2 saturated heterocycles. The van der Waals surface area contributed by atoms with E-state index in [1.54, 1.807) is 13.8 Å². The quantitative estimate of drug-likeness (QED) is 0.819. The number of rotatable bonds is 3. The molecule has 28 heavy (non-hydrogen) atoms. The second-order valence-electron chi connectivity index (χ2n) is 8.24. The van der Waals surface area contributed by atoms with Crippen LogP contribution in [0.1, 0.15) is 52.2 Å². The molecule has 2 aliphatic heterocycles. The smallest absolute Gasteiger partial charge is 0.259 e. The van der Waals surface area contributed by atoms with Crippen molar-refractivity contribution in [3.63, 3.8) is 0 Å². The van der Waals surface area contributed by atoms with E-state index in [1.807, 2.05) is 15.9 Å². The third-order valence-electron chi connectivity index (χ3n) is 6.31. The number of carbonyl (C=O) groups is 2. The predicted molar refractivity (Wildman–Crippen MR) is 105 cm³/mol. The molecule has 0 atom stereocenters. The monoisotopic (exact) mass is 381 g/mol. The number of hydrogen-bond acceptors (Lipinski definition) is 4. The van der Waals surface area contributed by atoms with Crippen molar-refractivity contribution in [2.75, 3.05) is 19.6 Å². The van der Waals surface area contributed by atoms with Crippen molar-refractivity contribution in [1.29, 1.82) is 0 Å². The molecule has 1 aromatic heterocycles. The Morgan fingerprint density at radius 3 is 2.50 bits per heavy atom. The fourth-order valence-electron chi connectivity index (χ4n) is 4.62. The highest BCUT2D eigenvalue weighted by molar-refractivity contribution is 5.96. The summed E-state index contributed by atoms with van der Waals surface area (Å²) in [6.07, 6.45) is 2.33. The molecule has 0 N–H and O–H groups in total. The average molecular weight is 381 g/mol. The first-order valence-electron chi connectivity index (χ1n) is 9.97. The molecule has 2 fully saturated rings. The maximum atomic E-state index is 13.2. The van der Waals surface area contributed by atoms with Gasteiger partial charge in [-0.05, 0) is 45.6 Å². The third kappa shape index (κ3) is 3.21. The summed E-state index contributed by atoms with van der Waals surface area (Å²) >= 11 is 0. The van der Waals surface area contributed by atoms with Crippen molar-refractivity contribution in [3.05, 3.63) is 52.4 Å². The molecule has 0 unspecified atom stereocenters. The van der Waals surface area contributed by atoms with Gasteiger partial charge in [0.05, 0.1) is 11.1 Å². The molecule has 0 saturated carbocycles. The number of piperidine rings is 1. The molecule has 2 aromatic rings. The second-order valence-corrected chi connectivity index (χ2v) is 8.24. The zero-order chi connectivity index (χ0) is 19.9. The topological polar surface area (TPSA) is 66.7 Å². The molecule has 1 aromatic carbocycles. The van der Waals surface area contributed by atoms with Crippen LogP contribution in [0.15, 0.2) is 28.8 Å². The van der Waals surface area contributed by atoms with Gasteiger partial charge in [-0.25, -0.2) is 0 Å². The van der Waals surface area contributed by atoms with Gasteiger partial charge in [-0.1, -0.05) is 35.0 Å². The largest absolute Gasteiger partial charge is 0.361 e. The summed E-state index contributed by atoms with van der Waals surface area (Å²) in [4.78, 5) is 29.9. The number of carbonyl (C=O) groups excluding carboxylic acids is 2. The molecule has 4 rings (SSSR count). The van der Waals surface area contributed by atoms with Gasteiger partial charge in [0, 0.05) is 26.2 Å².